The van der Waals surface area contributed by atoms with Crippen LogP contribution in [-0.2, 0) is 6.54 Å². The van der Waals surface area contributed by atoms with Crippen molar-refractivity contribution >= 4 is 23.1 Å². The van der Waals surface area contributed by atoms with E-state index in [9.17, 15) is 5.11 Å². The van der Waals surface area contributed by atoms with E-state index in [1.165, 1.54) is 0 Å². The molecule has 0 saturated carbocycles. The van der Waals surface area contributed by atoms with Gasteiger partial charge >= 0.3 is 0 Å². The lowest BCUT2D eigenvalue weighted by Gasteiger charge is -2.22. The lowest BCUT2D eigenvalue weighted by Crippen LogP contribution is -2.39. The van der Waals surface area contributed by atoms with Crippen LogP contribution in [0.3, 0.4) is 0 Å². The third kappa shape index (κ3) is 4.56. The molecule has 0 spiro atoms. The minimum absolute atomic E-state index is 0.574. The first-order valence-corrected chi connectivity index (χ1v) is 8.60. The van der Waals surface area contributed by atoms with E-state index < -0.39 is 5.60 Å². The summed E-state index contributed by atoms with van der Waals surface area (Å²) in [6, 6.07) is 5.81. The standard InChI is InChI=1S/C14H19N3OS2/c1-14(18,10-19-2)9-15-7-11-8-17-13(20-11)12-5-3-4-6-16-12/h3-6,8,15,18H,7,9-10H2,1-2H3. The van der Waals surface area contributed by atoms with Crippen molar-refractivity contribution in [3.63, 3.8) is 0 Å². The number of rotatable bonds is 7. The second-order valence-corrected chi connectivity index (χ2v) is 6.86. The van der Waals surface area contributed by atoms with Crippen molar-refractivity contribution in [2.75, 3.05) is 18.6 Å². The first-order valence-electron chi connectivity index (χ1n) is 6.39. The highest BCUT2D eigenvalue weighted by Gasteiger charge is 2.18. The molecule has 1 atom stereocenters. The summed E-state index contributed by atoms with van der Waals surface area (Å²) < 4.78 is 0. The van der Waals surface area contributed by atoms with E-state index in [4.69, 9.17) is 0 Å². The minimum Gasteiger partial charge on any atom is -0.388 e. The monoisotopic (exact) mass is 309 g/mol. The van der Waals surface area contributed by atoms with Crippen molar-refractivity contribution in [3.8, 4) is 10.7 Å². The van der Waals surface area contributed by atoms with Crippen molar-refractivity contribution in [3.05, 3.63) is 35.5 Å². The van der Waals surface area contributed by atoms with E-state index in [-0.39, 0.29) is 0 Å². The summed E-state index contributed by atoms with van der Waals surface area (Å²) in [5, 5.41) is 14.3. The predicted molar refractivity (Wildman–Crippen MR) is 86.1 cm³/mol. The molecule has 0 aromatic carbocycles. The fraction of sp³-hybridized carbons (Fsp3) is 0.429. The average Bonchev–Trinajstić information content (AvgIpc) is 2.88. The molecule has 0 fully saturated rings. The number of nitrogens with zero attached hydrogens (tertiary/aromatic N) is 2. The summed E-state index contributed by atoms with van der Waals surface area (Å²) in [7, 11) is 0. The Morgan fingerprint density at radius 2 is 2.25 bits per heavy atom. The van der Waals surface area contributed by atoms with Gasteiger partial charge in [0.1, 0.15) is 5.01 Å². The highest BCUT2D eigenvalue weighted by Crippen LogP contribution is 2.22. The van der Waals surface area contributed by atoms with Crippen molar-refractivity contribution < 1.29 is 5.11 Å². The van der Waals surface area contributed by atoms with Gasteiger partial charge in [-0.3, -0.25) is 4.98 Å². The van der Waals surface area contributed by atoms with Gasteiger partial charge in [-0.15, -0.1) is 11.3 Å². The summed E-state index contributed by atoms with van der Waals surface area (Å²) >= 11 is 3.28. The maximum atomic E-state index is 10.1. The zero-order chi connectivity index (χ0) is 14.4. The van der Waals surface area contributed by atoms with Crippen LogP contribution in [-0.4, -0.2) is 39.2 Å². The van der Waals surface area contributed by atoms with Crippen LogP contribution in [0.2, 0.25) is 0 Å². The minimum atomic E-state index is -0.673. The highest BCUT2D eigenvalue weighted by atomic mass is 32.2. The van der Waals surface area contributed by atoms with Crippen molar-refractivity contribution in [2.45, 2.75) is 19.1 Å². The van der Waals surface area contributed by atoms with E-state index in [1.807, 2.05) is 37.6 Å². The van der Waals surface area contributed by atoms with Crippen LogP contribution < -0.4 is 5.32 Å². The maximum Gasteiger partial charge on any atom is 0.142 e. The van der Waals surface area contributed by atoms with Gasteiger partial charge in [-0.05, 0) is 25.3 Å². The van der Waals surface area contributed by atoms with E-state index in [2.05, 4.69) is 15.3 Å². The van der Waals surface area contributed by atoms with Gasteiger partial charge in [-0.25, -0.2) is 4.98 Å². The summed E-state index contributed by atoms with van der Waals surface area (Å²) in [6.45, 7) is 3.14. The highest BCUT2D eigenvalue weighted by molar-refractivity contribution is 7.98. The summed E-state index contributed by atoms with van der Waals surface area (Å²) in [4.78, 5) is 9.82. The number of nitrogens with one attached hydrogen (secondary N) is 1. The first kappa shape index (κ1) is 15.4. The number of thioether (sulfide) groups is 1. The molecular formula is C14H19N3OS2. The second-order valence-electron chi connectivity index (χ2n) is 4.88. The number of aliphatic hydroxyl groups is 1. The number of aromatic nitrogens is 2. The van der Waals surface area contributed by atoms with Crippen LogP contribution >= 0.6 is 23.1 Å². The predicted octanol–water partition coefficient (Wildman–Crippen LogP) is 2.41. The molecule has 0 saturated heterocycles. The molecule has 0 radical (unpaired) electrons. The van der Waals surface area contributed by atoms with Gasteiger partial charge in [0.2, 0.25) is 0 Å². The van der Waals surface area contributed by atoms with Crippen molar-refractivity contribution in [2.24, 2.45) is 0 Å². The molecule has 2 N–H and O–H groups in total. The Kier molecular flexibility index (Phi) is 5.54. The second kappa shape index (κ2) is 7.17. The molecular weight excluding hydrogens is 290 g/mol. The number of hydrogen-bond acceptors (Lipinski definition) is 6. The fourth-order valence-electron chi connectivity index (χ4n) is 1.81. The normalized spacial score (nSPS) is 14.2. The molecule has 2 aromatic rings. The van der Waals surface area contributed by atoms with Gasteiger partial charge in [0.25, 0.3) is 0 Å². The molecule has 0 aliphatic heterocycles. The molecule has 2 aromatic heterocycles. The van der Waals surface area contributed by atoms with E-state index in [0.717, 1.165) is 27.9 Å². The SMILES string of the molecule is CSCC(C)(O)CNCc1cnc(-c2ccccn2)s1. The average molecular weight is 309 g/mol. The summed E-state index contributed by atoms with van der Waals surface area (Å²) in [5.41, 5.74) is 0.228. The lowest BCUT2D eigenvalue weighted by molar-refractivity contribution is 0.0846. The zero-order valence-electron chi connectivity index (χ0n) is 11.7. The van der Waals surface area contributed by atoms with Gasteiger partial charge in [-0.2, -0.15) is 11.8 Å². The molecule has 0 aliphatic carbocycles. The summed E-state index contributed by atoms with van der Waals surface area (Å²) in [5.74, 6) is 0.724. The Balaban J connectivity index is 1.88. The smallest absolute Gasteiger partial charge is 0.142 e. The molecule has 2 heterocycles. The number of hydrogen-bond donors (Lipinski definition) is 2. The number of thiazole rings is 1. The van der Waals surface area contributed by atoms with Crippen LogP contribution in [0.25, 0.3) is 10.7 Å². The molecule has 20 heavy (non-hydrogen) atoms. The Bertz CT molecular complexity index is 528. The van der Waals surface area contributed by atoms with Gasteiger partial charge in [-0.1, -0.05) is 6.07 Å². The summed E-state index contributed by atoms with van der Waals surface area (Å²) in [6.07, 6.45) is 5.63. The topological polar surface area (TPSA) is 58.0 Å². The first-order chi connectivity index (χ1) is 9.61. The Hall–Kier alpha value is -0.950. The van der Waals surface area contributed by atoms with E-state index >= 15 is 0 Å². The molecule has 0 bridgehead atoms. The Morgan fingerprint density at radius 1 is 1.40 bits per heavy atom. The molecule has 0 aliphatic rings. The fourth-order valence-corrected chi connectivity index (χ4v) is 3.40. The molecule has 0 amide bonds. The van der Waals surface area contributed by atoms with Crippen molar-refractivity contribution in [1.29, 1.82) is 0 Å². The molecule has 1 unspecified atom stereocenters. The number of pyridine rings is 1. The zero-order valence-corrected chi connectivity index (χ0v) is 13.3. The van der Waals surface area contributed by atoms with Gasteiger partial charge < -0.3 is 10.4 Å². The van der Waals surface area contributed by atoms with Gasteiger partial charge in [0, 0.05) is 36.1 Å². The Morgan fingerprint density at radius 3 is 2.95 bits per heavy atom. The maximum absolute atomic E-state index is 10.1. The van der Waals surface area contributed by atoms with Crippen LogP contribution in [0, 0.1) is 0 Å². The van der Waals surface area contributed by atoms with E-state index in [1.54, 1.807) is 29.3 Å². The Labute approximate surface area is 127 Å². The quantitative estimate of drug-likeness (QED) is 0.822. The lowest BCUT2D eigenvalue weighted by atomic mass is 10.1. The third-order valence-corrected chi connectivity index (χ3v) is 4.63. The van der Waals surface area contributed by atoms with Crippen LogP contribution in [0.5, 0.6) is 0 Å². The molecule has 6 heteroatoms. The molecule has 108 valence electrons. The largest absolute Gasteiger partial charge is 0.388 e. The van der Waals surface area contributed by atoms with E-state index in [0.29, 0.717) is 6.54 Å². The third-order valence-electron chi connectivity index (χ3n) is 2.70. The van der Waals surface area contributed by atoms with Crippen LogP contribution in [0.15, 0.2) is 30.6 Å². The molecule has 2 rings (SSSR count). The van der Waals surface area contributed by atoms with Crippen LogP contribution in [0.4, 0.5) is 0 Å². The van der Waals surface area contributed by atoms with Crippen LogP contribution in [0.1, 0.15) is 11.8 Å². The van der Waals surface area contributed by atoms with Gasteiger partial charge in [0.05, 0.1) is 11.3 Å². The molecule has 4 nitrogen and oxygen atoms in total. The van der Waals surface area contributed by atoms with Crippen molar-refractivity contribution in [1.82, 2.24) is 15.3 Å². The van der Waals surface area contributed by atoms with Gasteiger partial charge in [0.15, 0.2) is 0 Å².